The Morgan fingerprint density at radius 1 is 1.21 bits per heavy atom. The zero-order valence-electron chi connectivity index (χ0n) is 13.0. The number of aliphatic hydroxyl groups is 1. The first-order valence-electron chi connectivity index (χ1n) is 7.88. The molecule has 0 radical (unpaired) electrons. The zero-order valence-corrected chi connectivity index (χ0v) is 13.7. The summed E-state index contributed by atoms with van der Waals surface area (Å²) in [7, 11) is 0. The Balaban J connectivity index is 2.00. The van der Waals surface area contributed by atoms with Gasteiger partial charge in [0.1, 0.15) is 0 Å². The van der Waals surface area contributed by atoms with E-state index in [9.17, 15) is 9.90 Å². The van der Waals surface area contributed by atoms with E-state index in [0.29, 0.717) is 18.2 Å². The molecular weight excluding hydrogens is 328 g/mol. The van der Waals surface area contributed by atoms with Crippen LogP contribution in [-0.4, -0.2) is 42.3 Å². The molecular formula is C18H17ClN2O3. The predicted molar refractivity (Wildman–Crippen MR) is 91.2 cm³/mol. The minimum absolute atomic E-state index is 0.110. The van der Waals surface area contributed by atoms with Gasteiger partial charge in [0.05, 0.1) is 25.4 Å². The number of β-amino-alcohol motifs (C(OH)–C–C–N with tert-alkyl or cyclic N) is 1. The highest BCUT2D eigenvalue weighted by molar-refractivity contribution is 6.30. The SMILES string of the molecule is O=C1N(CCO)c2ccc(Cl)cc2C2(c3ccccc3)OCCN12. The molecule has 2 aromatic carbocycles. The van der Waals surface area contributed by atoms with Crippen molar-refractivity contribution in [3.8, 4) is 0 Å². The highest BCUT2D eigenvalue weighted by Gasteiger charge is 2.54. The largest absolute Gasteiger partial charge is 0.395 e. The average Bonchev–Trinajstić information content (AvgIpc) is 3.06. The number of hydrogen-bond acceptors (Lipinski definition) is 3. The van der Waals surface area contributed by atoms with Crippen LogP contribution in [-0.2, 0) is 10.5 Å². The molecule has 2 aromatic rings. The first-order chi connectivity index (χ1) is 11.7. The number of rotatable bonds is 3. The third-order valence-electron chi connectivity index (χ3n) is 4.57. The van der Waals surface area contributed by atoms with Crippen molar-refractivity contribution >= 4 is 23.3 Å². The number of fused-ring (bicyclic) bond motifs is 3. The van der Waals surface area contributed by atoms with Gasteiger partial charge in [0.2, 0.25) is 0 Å². The number of urea groups is 1. The summed E-state index contributed by atoms with van der Waals surface area (Å²) in [6.07, 6.45) is 0. The lowest BCUT2D eigenvalue weighted by molar-refractivity contribution is -0.0348. The number of amides is 2. The Hall–Kier alpha value is -2.08. The smallest absolute Gasteiger partial charge is 0.327 e. The molecule has 1 unspecified atom stereocenters. The summed E-state index contributed by atoms with van der Waals surface area (Å²) in [6, 6.07) is 14.9. The minimum atomic E-state index is -0.968. The second-order valence-electron chi connectivity index (χ2n) is 5.83. The van der Waals surface area contributed by atoms with Crippen LogP contribution >= 0.6 is 11.6 Å². The van der Waals surface area contributed by atoms with E-state index in [-0.39, 0.29) is 19.2 Å². The van der Waals surface area contributed by atoms with Crippen molar-refractivity contribution in [1.82, 2.24) is 4.90 Å². The fourth-order valence-electron chi connectivity index (χ4n) is 3.61. The Kier molecular flexibility index (Phi) is 3.72. The maximum Gasteiger partial charge on any atom is 0.327 e. The summed E-state index contributed by atoms with van der Waals surface area (Å²) in [5.41, 5.74) is 1.47. The third kappa shape index (κ3) is 2.05. The number of benzene rings is 2. The van der Waals surface area contributed by atoms with Crippen LogP contribution in [0, 0.1) is 0 Å². The molecule has 1 atom stereocenters. The van der Waals surface area contributed by atoms with Gasteiger partial charge in [0.25, 0.3) is 0 Å². The first-order valence-corrected chi connectivity index (χ1v) is 8.26. The third-order valence-corrected chi connectivity index (χ3v) is 4.81. The van der Waals surface area contributed by atoms with Crippen LogP contribution in [0.15, 0.2) is 48.5 Å². The van der Waals surface area contributed by atoms with Gasteiger partial charge in [-0.1, -0.05) is 41.9 Å². The van der Waals surface area contributed by atoms with E-state index >= 15 is 0 Å². The van der Waals surface area contributed by atoms with E-state index < -0.39 is 5.72 Å². The summed E-state index contributed by atoms with van der Waals surface area (Å²) in [5, 5.41) is 9.95. The fourth-order valence-corrected chi connectivity index (χ4v) is 3.78. The number of carbonyl (C=O) groups is 1. The Labute approximate surface area is 145 Å². The molecule has 0 bridgehead atoms. The fraction of sp³-hybridized carbons (Fsp3) is 0.278. The van der Waals surface area contributed by atoms with E-state index in [0.717, 1.165) is 16.8 Å². The van der Waals surface area contributed by atoms with E-state index in [4.69, 9.17) is 16.3 Å². The molecule has 2 amide bonds. The van der Waals surface area contributed by atoms with Gasteiger partial charge >= 0.3 is 6.03 Å². The molecule has 4 rings (SSSR count). The molecule has 2 aliphatic rings. The molecule has 124 valence electrons. The highest BCUT2D eigenvalue weighted by Crippen LogP contribution is 2.49. The Morgan fingerprint density at radius 2 is 2.00 bits per heavy atom. The molecule has 24 heavy (non-hydrogen) atoms. The summed E-state index contributed by atoms with van der Waals surface area (Å²) < 4.78 is 6.17. The molecule has 6 heteroatoms. The molecule has 5 nitrogen and oxygen atoms in total. The summed E-state index contributed by atoms with van der Waals surface area (Å²) >= 11 is 6.25. The predicted octanol–water partition coefficient (Wildman–Crippen LogP) is 2.81. The second kappa shape index (κ2) is 5.77. The summed E-state index contributed by atoms with van der Waals surface area (Å²) in [4.78, 5) is 16.4. The van der Waals surface area contributed by atoms with Crippen molar-refractivity contribution in [2.45, 2.75) is 5.72 Å². The molecule has 0 aliphatic carbocycles. The standard InChI is InChI=1S/C18H17ClN2O3/c19-14-6-7-16-15(12-14)18(13-4-2-1-3-5-13)21(9-11-24-18)17(23)20(16)8-10-22/h1-7,12,22H,8-11H2. The topological polar surface area (TPSA) is 53.0 Å². The van der Waals surface area contributed by atoms with Gasteiger partial charge in [-0.2, -0.15) is 0 Å². The van der Waals surface area contributed by atoms with Crippen molar-refractivity contribution in [1.29, 1.82) is 0 Å². The molecule has 0 spiro atoms. The van der Waals surface area contributed by atoms with E-state index in [1.165, 1.54) is 0 Å². The lowest BCUT2D eigenvalue weighted by Gasteiger charge is -2.46. The van der Waals surface area contributed by atoms with Gasteiger partial charge in [-0.3, -0.25) is 9.80 Å². The van der Waals surface area contributed by atoms with Crippen molar-refractivity contribution in [3.63, 3.8) is 0 Å². The lowest BCUT2D eigenvalue weighted by atomic mass is 9.89. The van der Waals surface area contributed by atoms with Gasteiger partial charge in [0.15, 0.2) is 5.72 Å². The number of halogens is 1. The Morgan fingerprint density at radius 3 is 2.75 bits per heavy atom. The molecule has 1 N–H and O–H groups in total. The molecule has 0 saturated carbocycles. The summed E-state index contributed by atoms with van der Waals surface area (Å²) in [5.74, 6) is 0. The lowest BCUT2D eigenvalue weighted by Crippen LogP contribution is -2.57. The Bertz CT molecular complexity index is 783. The average molecular weight is 345 g/mol. The van der Waals surface area contributed by atoms with Crippen molar-refractivity contribution < 1.29 is 14.6 Å². The second-order valence-corrected chi connectivity index (χ2v) is 6.27. The van der Waals surface area contributed by atoms with Gasteiger partial charge in [-0.15, -0.1) is 0 Å². The normalized spacial score (nSPS) is 22.5. The van der Waals surface area contributed by atoms with Crippen LogP contribution in [0.25, 0.3) is 0 Å². The molecule has 1 fully saturated rings. The van der Waals surface area contributed by atoms with Gasteiger partial charge < -0.3 is 9.84 Å². The van der Waals surface area contributed by atoms with E-state index in [1.54, 1.807) is 15.9 Å². The van der Waals surface area contributed by atoms with Crippen LogP contribution in [0.1, 0.15) is 11.1 Å². The molecule has 2 heterocycles. The van der Waals surface area contributed by atoms with Crippen LogP contribution in [0.3, 0.4) is 0 Å². The molecule has 2 aliphatic heterocycles. The maximum absolute atomic E-state index is 13.1. The van der Waals surface area contributed by atoms with Crippen molar-refractivity contribution in [3.05, 3.63) is 64.7 Å². The molecule has 1 saturated heterocycles. The van der Waals surface area contributed by atoms with Gasteiger partial charge in [0, 0.05) is 22.7 Å². The van der Waals surface area contributed by atoms with E-state index in [1.807, 2.05) is 42.5 Å². The van der Waals surface area contributed by atoms with Crippen LogP contribution in [0.4, 0.5) is 10.5 Å². The number of anilines is 1. The monoisotopic (exact) mass is 344 g/mol. The van der Waals surface area contributed by atoms with Crippen molar-refractivity contribution in [2.24, 2.45) is 0 Å². The number of ether oxygens (including phenoxy) is 1. The van der Waals surface area contributed by atoms with Crippen molar-refractivity contribution in [2.75, 3.05) is 31.2 Å². The maximum atomic E-state index is 13.1. The molecule has 0 aromatic heterocycles. The highest BCUT2D eigenvalue weighted by atomic mass is 35.5. The van der Waals surface area contributed by atoms with Crippen LogP contribution in [0.5, 0.6) is 0 Å². The van der Waals surface area contributed by atoms with Gasteiger partial charge in [-0.25, -0.2) is 4.79 Å². The van der Waals surface area contributed by atoms with Crippen LogP contribution in [0.2, 0.25) is 5.02 Å². The van der Waals surface area contributed by atoms with Crippen LogP contribution < -0.4 is 4.90 Å². The minimum Gasteiger partial charge on any atom is -0.395 e. The van der Waals surface area contributed by atoms with Gasteiger partial charge in [-0.05, 0) is 18.2 Å². The summed E-state index contributed by atoms with van der Waals surface area (Å²) in [6.45, 7) is 1.05. The quantitative estimate of drug-likeness (QED) is 0.931. The van der Waals surface area contributed by atoms with E-state index in [2.05, 4.69) is 0 Å². The number of hydrogen-bond donors (Lipinski definition) is 1. The number of nitrogens with zero attached hydrogens (tertiary/aromatic N) is 2. The number of aliphatic hydroxyl groups excluding tert-OH is 1. The number of carbonyl (C=O) groups excluding carboxylic acids is 1. The zero-order chi connectivity index (χ0) is 16.7. The first kappa shape index (κ1) is 15.4.